The first kappa shape index (κ1) is 13.1. The smallest absolute Gasteiger partial charge is 0.310 e. The van der Waals surface area contributed by atoms with Crippen molar-refractivity contribution in [3.05, 3.63) is 71.0 Å². The lowest BCUT2D eigenvalue weighted by atomic mass is 10.1. The summed E-state index contributed by atoms with van der Waals surface area (Å²) in [4.78, 5) is 17.5. The highest BCUT2D eigenvalue weighted by Gasteiger charge is 2.15. The summed E-state index contributed by atoms with van der Waals surface area (Å²) < 4.78 is 9.80. The number of para-hydroxylation sites is 1. The number of benzene rings is 3. The molecule has 0 aliphatic rings. The summed E-state index contributed by atoms with van der Waals surface area (Å²) in [5.74, 6) is 0.334. The Morgan fingerprint density at radius 3 is 2.60 bits per heavy atom. The van der Waals surface area contributed by atoms with E-state index in [1.54, 1.807) is 27.9 Å². The molecule has 0 saturated heterocycles. The Balaban J connectivity index is 1.86. The number of hydrogen-bond donors (Lipinski definition) is 0. The van der Waals surface area contributed by atoms with Crippen LogP contribution in [0.2, 0.25) is 0 Å². The standard InChI is InChI=1S/C20H10N2O2S/c23-19-12-6-1-3-7-16(12)24-20-21-14-9-13-11-5-2-4-8-17(11)25-18(13)10-15(14)22(19)20/h1-10H. The van der Waals surface area contributed by atoms with Crippen molar-refractivity contribution in [2.24, 2.45) is 0 Å². The third-order valence-corrected chi connectivity index (χ3v) is 5.78. The first-order chi connectivity index (χ1) is 12.3. The lowest BCUT2D eigenvalue weighted by Gasteiger charge is -1.98. The maximum Gasteiger partial charge on any atom is 0.310 e. The van der Waals surface area contributed by atoms with Crippen LogP contribution in [0, 0.1) is 0 Å². The van der Waals surface area contributed by atoms with E-state index in [0.29, 0.717) is 16.8 Å². The highest BCUT2D eigenvalue weighted by atomic mass is 32.1. The number of rotatable bonds is 0. The Hall–Kier alpha value is -3.18. The van der Waals surface area contributed by atoms with Gasteiger partial charge in [-0.3, -0.25) is 4.79 Å². The van der Waals surface area contributed by atoms with E-state index in [1.807, 2.05) is 30.3 Å². The fraction of sp³-hybridized carbons (Fsp3) is 0. The Kier molecular flexibility index (Phi) is 2.35. The van der Waals surface area contributed by atoms with Crippen LogP contribution in [-0.4, -0.2) is 9.38 Å². The lowest BCUT2D eigenvalue weighted by molar-refractivity contribution is 0.616. The fourth-order valence-corrected chi connectivity index (χ4v) is 4.61. The first-order valence-corrected chi connectivity index (χ1v) is 8.76. The first-order valence-electron chi connectivity index (χ1n) is 7.95. The summed E-state index contributed by atoms with van der Waals surface area (Å²) in [6.45, 7) is 0. The van der Waals surface area contributed by atoms with Crippen LogP contribution in [0.5, 0.6) is 0 Å². The SMILES string of the molecule is O=c1c2ccccc2oc2nc3cc4c(cc3n12)sc1ccccc14. The molecular formula is C20H10N2O2S. The van der Waals surface area contributed by atoms with Crippen LogP contribution in [-0.2, 0) is 0 Å². The molecule has 0 aliphatic heterocycles. The van der Waals surface area contributed by atoms with Crippen molar-refractivity contribution in [2.45, 2.75) is 0 Å². The predicted molar refractivity (Wildman–Crippen MR) is 102 cm³/mol. The lowest BCUT2D eigenvalue weighted by Crippen LogP contribution is -2.12. The summed E-state index contributed by atoms with van der Waals surface area (Å²) in [6, 6.07) is 19.7. The van der Waals surface area contributed by atoms with Crippen LogP contribution in [0.15, 0.2) is 69.9 Å². The van der Waals surface area contributed by atoms with Gasteiger partial charge in [0.2, 0.25) is 0 Å². The minimum absolute atomic E-state index is 0.0974. The summed E-state index contributed by atoms with van der Waals surface area (Å²) >= 11 is 1.72. The molecule has 0 unspecified atom stereocenters. The van der Waals surface area contributed by atoms with Gasteiger partial charge in [0, 0.05) is 20.2 Å². The van der Waals surface area contributed by atoms with E-state index >= 15 is 0 Å². The monoisotopic (exact) mass is 342 g/mol. The molecule has 0 spiro atoms. The van der Waals surface area contributed by atoms with Crippen LogP contribution in [0.25, 0.3) is 48.0 Å². The average Bonchev–Trinajstić information content (AvgIpc) is 3.17. The van der Waals surface area contributed by atoms with Gasteiger partial charge in [-0.15, -0.1) is 11.3 Å². The van der Waals surface area contributed by atoms with Gasteiger partial charge < -0.3 is 4.42 Å². The molecule has 4 nitrogen and oxygen atoms in total. The second-order valence-corrected chi connectivity index (χ2v) is 7.15. The second kappa shape index (κ2) is 4.46. The molecular weight excluding hydrogens is 332 g/mol. The molecule has 118 valence electrons. The van der Waals surface area contributed by atoms with Gasteiger partial charge in [-0.05, 0) is 30.3 Å². The van der Waals surface area contributed by atoms with Gasteiger partial charge in [-0.2, -0.15) is 4.98 Å². The average molecular weight is 342 g/mol. The van der Waals surface area contributed by atoms with Gasteiger partial charge in [0.1, 0.15) is 5.58 Å². The van der Waals surface area contributed by atoms with Gasteiger partial charge in [0.15, 0.2) is 0 Å². The maximum atomic E-state index is 12.9. The molecule has 6 aromatic rings. The van der Waals surface area contributed by atoms with Crippen LogP contribution >= 0.6 is 11.3 Å². The number of hydrogen-bond acceptors (Lipinski definition) is 4. The zero-order valence-electron chi connectivity index (χ0n) is 12.9. The Labute approximate surface area is 144 Å². The number of thiophene rings is 1. The van der Waals surface area contributed by atoms with E-state index in [9.17, 15) is 4.79 Å². The third kappa shape index (κ3) is 1.65. The fourth-order valence-electron chi connectivity index (χ4n) is 3.49. The van der Waals surface area contributed by atoms with E-state index in [4.69, 9.17) is 4.42 Å². The molecule has 0 N–H and O–H groups in total. The van der Waals surface area contributed by atoms with Gasteiger partial charge in [0.05, 0.1) is 16.4 Å². The van der Waals surface area contributed by atoms with E-state index in [-0.39, 0.29) is 5.56 Å². The third-order valence-electron chi connectivity index (χ3n) is 4.64. The highest BCUT2D eigenvalue weighted by Crippen LogP contribution is 2.36. The molecule has 0 amide bonds. The van der Waals surface area contributed by atoms with Crippen LogP contribution in [0.1, 0.15) is 0 Å². The molecule has 3 aromatic carbocycles. The second-order valence-electron chi connectivity index (χ2n) is 6.07. The van der Waals surface area contributed by atoms with E-state index < -0.39 is 0 Å². The molecule has 3 aromatic heterocycles. The van der Waals surface area contributed by atoms with E-state index in [0.717, 1.165) is 21.1 Å². The van der Waals surface area contributed by atoms with Crippen molar-refractivity contribution in [1.82, 2.24) is 9.38 Å². The molecule has 0 radical (unpaired) electrons. The number of imidazole rings is 1. The van der Waals surface area contributed by atoms with Gasteiger partial charge >= 0.3 is 5.84 Å². The Morgan fingerprint density at radius 2 is 1.68 bits per heavy atom. The quantitative estimate of drug-likeness (QED) is 0.392. The van der Waals surface area contributed by atoms with Crippen LogP contribution in [0.4, 0.5) is 0 Å². The van der Waals surface area contributed by atoms with Crippen molar-refractivity contribution in [3.63, 3.8) is 0 Å². The Morgan fingerprint density at radius 1 is 0.880 bits per heavy atom. The van der Waals surface area contributed by atoms with Crippen LogP contribution in [0.3, 0.4) is 0 Å². The van der Waals surface area contributed by atoms with E-state index in [2.05, 4.69) is 23.2 Å². The maximum absolute atomic E-state index is 12.9. The molecule has 0 saturated carbocycles. The minimum atomic E-state index is -0.0974. The van der Waals surface area contributed by atoms with E-state index in [1.165, 1.54) is 10.1 Å². The summed E-state index contributed by atoms with van der Waals surface area (Å²) in [7, 11) is 0. The normalized spacial score (nSPS) is 12.2. The zero-order valence-corrected chi connectivity index (χ0v) is 13.7. The number of nitrogens with zero attached hydrogens (tertiary/aromatic N) is 2. The topological polar surface area (TPSA) is 47.5 Å². The highest BCUT2D eigenvalue weighted by molar-refractivity contribution is 7.25. The molecule has 0 fully saturated rings. The molecule has 0 aliphatic carbocycles. The predicted octanol–water partition coefficient (Wildman–Crippen LogP) is 4.96. The van der Waals surface area contributed by atoms with Crippen molar-refractivity contribution in [2.75, 3.05) is 0 Å². The minimum Gasteiger partial charge on any atom is -0.424 e. The van der Waals surface area contributed by atoms with Gasteiger partial charge in [-0.25, -0.2) is 4.40 Å². The Bertz CT molecular complexity index is 1520. The van der Waals surface area contributed by atoms with Crippen molar-refractivity contribution in [1.29, 1.82) is 0 Å². The zero-order chi connectivity index (χ0) is 16.5. The molecule has 3 heterocycles. The number of fused-ring (bicyclic) bond motifs is 7. The van der Waals surface area contributed by atoms with Gasteiger partial charge in [0.25, 0.3) is 5.56 Å². The largest absolute Gasteiger partial charge is 0.424 e. The van der Waals surface area contributed by atoms with Crippen molar-refractivity contribution >= 4 is 59.4 Å². The molecule has 25 heavy (non-hydrogen) atoms. The van der Waals surface area contributed by atoms with Crippen molar-refractivity contribution in [3.8, 4) is 0 Å². The number of aromatic nitrogens is 2. The molecule has 6 rings (SSSR count). The van der Waals surface area contributed by atoms with Crippen LogP contribution < -0.4 is 5.56 Å². The van der Waals surface area contributed by atoms with Crippen molar-refractivity contribution < 1.29 is 4.42 Å². The summed E-state index contributed by atoms with van der Waals surface area (Å²) in [5.41, 5.74) is 2.02. The molecule has 0 bridgehead atoms. The summed E-state index contributed by atoms with van der Waals surface area (Å²) in [5, 5.41) is 2.94. The molecule has 0 atom stereocenters. The summed E-state index contributed by atoms with van der Waals surface area (Å²) in [6.07, 6.45) is 0. The molecule has 5 heteroatoms. The van der Waals surface area contributed by atoms with Gasteiger partial charge in [-0.1, -0.05) is 30.3 Å².